The first-order valence-electron chi connectivity index (χ1n) is 6.24. The van der Waals surface area contributed by atoms with Gasteiger partial charge in [0.15, 0.2) is 6.10 Å². The molecule has 0 fully saturated rings. The van der Waals surface area contributed by atoms with Crippen molar-refractivity contribution in [3.05, 3.63) is 53.8 Å². The molecule has 1 atom stereocenters. The van der Waals surface area contributed by atoms with Gasteiger partial charge in [-0.1, -0.05) is 24.3 Å². The maximum Gasteiger partial charge on any atom is 0.573 e. The number of halogens is 4. The fourth-order valence-electron chi connectivity index (χ4n) is 1.96. The maximum atomic E-state index is 14.0. The largest absolute Gasteiger partial charge is 0.573 e. The van der Waals surface area contributed by atoms with Crippen molar-refractivity contribution >= 4 is 5.97 Å². The van der Waals surface area contributed by atoms with Gasteiger partial charge in [-0.2, -0.15) is 0 Å². The van der Waals surface area contributed by atoms with Crippen LogP contribution < -0.4 is 4.74 Å². The van der Waals surface area contributed by atoms with E-state index in [4.69, 9.17) is 5.11 Å². The first kappa shape index (κ1) is 16.8. The van der Waals surface area contributed by atoms with Crippen LogP contribution in [0.2, 0.25) is 0 Å². The molecule has 2 rings (SSSR count). The van der Waals surface area contributed by atoms with E-state index in [1.54, 1.807) is 0 Å². The van der Waals surface area contributed by atoms with Crippen molar-refractivity contribution in [1.82, 2.24) is 0 Å². The van der Waals surface area contributed by atoms with Gasteiger partial charge in [0.1, 0.15) is 11.6 Å². The molecule has 0 saturated carbocycles. The predicted octanol–water partition coefficient (Wildman–Crippen LogP) is 3.51. The fraction of sp³-hybridized carbons (Fsp3) is 0.133. The highest BCUT2D eigenvalue weighted by Gasteiger charge is 2.32. The van der Waals surface area contributed by atoms with Gasteiger partial charge in [0.25, 0.3) is 0 Å². The van der Waals surface area contributed by atoms with E-state index in [2.05, 4.69) is 4.74 Å². The second kappa shape index (κ2) is 6.25. The Balaban J connectivity index is 2.54. The van der Waals surface area contributed by atoms with Crippen LogP contribution in [0.4, 0.5) is 17.6 Å². The van der Waals surface area contributed by atoms with Gasteiger partial charge in [-0.3, -0.25) is 0 Å². The fourth-order valence-corrected chi connectivity index (χ4v) is 1.96. The van der Waals surface area contributed by atoms with Crippen LogP contribution in [0.1, 0.15) is 11.7 Å². The summed E-state index contributed by atoms with van der Waals surface area (Å²) in [5, 5.41) is 18.2. The molecule has 2 N–H and O–H groups in total. The smallest absolute Gasteiger partial charge is 0.479 e. The molecule has 0 radical (unpaired) electrons. The molecule has 0 aliphatic rings. The lowest BCUT2D eigenvalue weighted by Gasteiger charge is -2.15. The number of ether oxygens (including phenoxy) is 1. The van der Waals surface area contributed by atoms with Gasteiger partial charge < -0.3 is 14.9 Å². The Morgan fingerprint density at radius 3 is 2.35 bits per heavy atom. The summed E-state index contributed by atoms with van der Waals surface area (Å²) in [6, 6.07) is 7.70. The van der Waals surface area contributed by atoms with E-state index in [9.17, 15) is 27.5 Å². The minimum atomic E-state index is -4.97. The molecule has 0 spiro atoms. The molecule has 1 unspecified atom stereocenters. The molecular weight excluding hydrogens is 320 g/mol. The predicted molar refractivity (Wildman–Crippen MR) is 71.1 cm³/mol. The Morgan fingerprint density at radius 1 is 1.09 bits per heavy atom. The summed E-state index contributed by atoms with van der Waals surface area (Å²) in [6.07, 6.45) is -6.89. The SMILES string of the molecule is O=C(O)C(O)c1ccc(F)c(-c2ccccc2OC(F)(F)F)c1. The number of aliphatic hydroxyl groups is 1. The van der Waals surface area contributed by atoms with Crippen molar-refractivity contribution in [1.29, 1.82) is 0 Å². The second-order valence-corrected chi connectivity index (χ2v) is 4.52. The first-order valence-corrected chi connectivity index (χ1v) is 6.24. The zero-order valence-corrected chi connectivity index (χ0v) is 11.3. The Labute approximate surface area is 127 Å². The molecule has 8 heteroatoms. The van der Waals surface area contributed by atoms with Crippen LogP contribution >= 0.6 is 0 Å². The summed E-state index contributed by atoms with van der Waals surface area (Å²) in [7, 11) is 0. The first-order chi connectivity index (χ1) is 10.7. The number of alkyl halides is 3. The zero-order valence-electron chi connectivity index (χ0n) is 11.3. The van der Waals surface area contributed by atoms with Crippen molar-refractivity contribution < 1.29 is 37.3 Å². The van der Waals surface area contributed by atoms with Gasteiger partial charge in [0.2, 0.25) is 0 Å². The average Bonchev–Trinajstić information content (AvgIpc) is 2.46. The summed E-state index contributed by atoms with van der Waals surface area (Å²) in [6.45, 7) is 0. The number of hydrogen-bond acceptors (Lipinski definition) is 3. The Morgan fingerprint density at radius 2 is 1.74 bits per heavy atom. The molecule has 23 heavy (non-hydrogen) atoms. The number of carboxylic acid groups (broad SMARTS) is 1. The molecule has 0 bridgehead atoms. The van der Waals surface area contributed by atoms with Crippen LogP contribution in [0.25, 0.3) is 11.1 Å². The van der Waals surface area contributed by atoms with Gasteiger partial charge in [-0.15, -0.1) is 13.2 Å². The van der Waals surface area contributed by atoms with E-state index in [0.717, 1.165) is 24.3 Å². The third kappa shape index (κ3) is 3.98. The Kier molecular flexibility index (Phi) is 4.55. The van der Waals surface area contributed by atoms with Crippen LogP contribution in [0.3, 0.4) is 0 Å². The highest BCUT2D eigenvalue weighted by atomic mass is 19.4. The number of rotatable bonds is 4. The monoisotopic (exact) mass is 330 g/mol. The zero-order chi connectivity index (χ0) is 17.2. The summed E-state index contributed by atoms with van der Waals surface area (Å²) in [5.41, 5.74) is -0.708. The molecule has 122 valence electrons. The van der Waals surface area contributed by atoms with E-state index >= 15 is 0 Å². The molecule has 0 amide bonds. The maximum absolute atomic E-state index is 14.0. The molecule has 4 nitrogen and oxygen atoms in total. The minimum Gasteiger partial charge on any atom is -0.479 e. The van der Waals surface area contributed by atoms with Crippen molar-refractivity contribution in [2.45, 2.75) is 12.5 Å². The summed E-state index contributed by atoms with van der Waals surface area (Å²) in [4.78, 5) is 10.8. The van der Waals surface area contributed by atoms with Crippen LogP contribution in [0, 0.1) is 5.82 Å². The standard InChI is InChI=1S/C15H10F4O4/c16-11-6-5-8(13(20)14(21)22)7-10(11)9-3-1-2-4-12(9)23-15(17,18)19/h1-7,13,20H,(H,21,22). The van der Waals surface area contributed by atoms with Crippen molar-refractivity contribution in [2.75, 3.05) is 0 Å². The third-order valence-electron chi connectivity index (χ3n) is 2.94. The van der Waals surface area contributed by atoms with E-state index in [-0.39, 0.29) is 16.7 Å². The summed E-state index contributed by atoms with van der Waals surface area (Å²) < 4.78 is 55.1. The lowest BCUT2D eigenvalue weighted by atomic mass is 9.99. The van der Waals surface area contributed by atoms with E-state index in [1.807, 2.05) is 0 Å². The molecule has 0 heterocycles. The van der Waals surface area contributed by atoms with Gasteiger partial charge in [-0.25, -0.2) is 9.18 Å². The molecule has 2 aromatic carbocycles. The van der Waals surface area contributed by atoms with Crippen LogP contribution in [0.5, 0.6) is 5.75 Å². The number of carbonyl (C=O) groups is 1. The topological polar surface area (TPSA) is 66.8 Å². The highest BCUT2D eigenvalue weighted by Crippen LogP contribution is 2.36. The summed E-state index contributed by atoms with van der Waals surface area (Å²) in [5.74, 6) is -3.09. The minimum absolute atomic E-state index is 0.171. The van der Waals surface area contributed by atoms with Crippen molar-refractivity contribution in [2.24, 2.45) is 0 Å². The average molecular weight is 330 g/mol. The van der Waals surface area contributed by atoms with Crippen molar-refractivity contribution in [3.8, 4) is 16.9 Å². The highest BCUT2D eigenvalue weighted by molar-refractivity contribution is 5.77. The van der Waals surface area contributed by atoms with Gasteiger partial charge in [-0.05, 0) is 23.8 Å². The van der Waals surface area contributed by atoms with Crippen LogP contribution in [0.15, 0.2) is 42.5 Å². The third-order valence-corrected chi connectivity index (χ3v) is 2.94. The molecule has 0 saturated heterocycles. The molecule has 0 aliphatic heterocycles. The van der Waals surface area contributed by atoms with E-state index in [0.29, 0.717) is 0 Å². The number of aliphatic hydroxyl groups excluding tert-OH is 1. The number of para-hydroxylation sites is 1. The number of aliphatic carboxylic acids is 1. The molecule has 0 aliphatic carbocycles. The Hall–Kier alpha value is -2.61. The van der Waals surface area contributed by atoms with Crippen molar-refractivity contribution in [3.63, 3.8) is 0 Å². The molecule has 2 aromatic rings. The normalized spacial score (nSPS) is 12.7. The van der Waals surface area contributed by atoms with Gasteiger partial charge in [0.05, 0.1) is 0 Å². The molecule has 0 aromatic heterocycles. The van der Waals surface area contributed by atoms with E-state index in [1.165, 1.54) is 18.2 Å². The van der Waals surface area contributed by atoms with Crippen LogP contribution in [-0.2, 0) is 4.79 Å². The van der Waals surface area contributed by atoms with Gasteiger partial charge in [0, 0.05) is 11.1 Å². The Bertz CT molecular complexity index is 728. The second-order valence-electron chi connectivity index (χ2n) is 4.52. The number of hydrogen-bond donors (Lipinski definition) is 2. The van der Waals surface area contributed by atoms with E-state index < -0.39 is 30.0 Å². The number of carboxylic acids is 1. The number of benzene rings is 2. The summed E-state index contributed by atoms with van der Waals surface area (Å²) >= 11 is 0. The lowest BCUT2D eigenvalue weighted by molar-refractivity contribution is -0.274. The quantitative estimate of drug-likeness (QED) is 0.842. The van der Waals surface area contributed by atoms with Crippen LogP contribution in [-0.4, -0.2) is 22.5 Å². The molecular formula is C15H10F4O4. The van der Waals surface area contributed by atoms with Gasteiger partial charge >= 0.3 is 12.3 Å². The lowest BCUT2D eigenvalue weighted by Crippen LogP contribution is -2.17.